The van der Waals surface area contributed by atoms with Crippen LogP contribution >= 0.6 is 0 Å². The van der Waals surface area contributed by atoms with E-state index < -0.39 is 11.9 Å². The zero-order valence-corrected chi connectivity index (χ0v) is 9.74. The van der Waals surface area contributed by atoms with Crippen LogP contribution in [0.2, 0.25) is 0 Å². The lowest BCUT2D eigenvalue weighted by Gasteiger charge is -2.09. The summed E-state index contributed by atoms with van der Waals surface area (Å²) in [7, 11) is 0. The molecule has 0 saturated carbocycles. The predicted molar refractivity (Wildman–Crippen MR) is 61.8 cm³/mol. The van der Waals surface area contributed by atoms with Gasteiger partial charge in [0.2, 0.25) is 0 Å². The van der Waals surface area contributed by atoms with Crippen LogP contribution in [0.15, 0.2) is 30.3 Å². The first-order valence-corrected chi connectivity index (χ1v) is 5.26. The largest absolute Gasteiger partial charge is 0.461 e. The van der Waals surface area contributed by atoms with E-state index in [9.17, 15) is 13.6 Å². The Kier molecular flexibility index (Phi) is 4.37. The summed E-state index contributed by atoms with van der Waals surface area (Å²) in [6.07, 6.45) is 1.76. The number of ether oxygens (including phenoxy) is 1. The van der Waals surface area contributed by atoms with Crippen molar-refractivity contribution in [1.82, 2.24) is 0 Å². The Labute approximate surface area is 98.9 Å². The molecule has 0 fully saturated rings. The normalized spacial score (nSPS) is 11.8. The number of halogens is 2. The van der Waals surface area contributed by atoms with Crippen molar-refractivity contribution in [3.63, 3.8) is 0 Å². The Hall–Kier alpha value is -1.71. The first kappa shape index (κ1) is 13.4. The third kappa shape index (κ3) is 3.98. The van der Waals surface area contributed by atoms with Gasteiger partial charge in [-0.25, -0.2) is 4.79 Å². The molecule has 1 aromatic carbocycles. The maximum absolute atomic E-state index is 13.2. The molecule has 0 unspecified atom stereocenters. The summed E-state index contributed by atoms with van der Waals surface area (Å²) >= 11 is 0. The van der Waals surface area contributed by atoms with Crippen molar-refractivity contribution in [2.75, 3.05) is 6.61 Å². The SMILES string of the molecule is CCOC(=O)C(F)(F)/C=C\c1ccc(C)cc1. The highest BCUT2D eigenvalue weighted by Crippen LogP contribution is 2.19. The molecule has 0 saturated heterocycles. The van der Waals surface area contributed by atoms with Gasteiger partial charge in [0.25, 0.3) is 0 Å². The maximum Gasteiger partial charge on any atom is 0.381 e. The minimum atomic E-state index is -3.58. The van der Waals surface area contributed by atoms with Crippen LogP contribution in [0.1, 0.15) is 18.1 Å². The summed E-state index contributed by atoms with van der Waals surface area (Å²) in [4.78, 5) is 10.9. The smallest absolute Gasteiger partial charge is 0.381 e. The van der Waals surface area contributed by atoms with Crippen LogP contribution < -0.4 is 0 Å². The van der Waals surface area contributed by atoms with Gasteiger partial charge in [-0.05, 0) is 25.5 Å². The Bertz CT molecular complexity index is 408. The molecule has 0 aromatic heterocycles. The molecule has 1 rings (SSSR count). The number of hydrogen-bond acceptors (Lipinski definition) is 2. The summed E-state index contributed by atoms with van der Waals surface area (Å²) < 4.78 is 30.7. The molecule has 0 aliphatic rings. The second-order valence-electron chi connectivity index (χ2n) is 3.59. The molecule has 2 nitrogen and oxygen atoms in total. The lowest BCUT2D eigenvalue weighted by atomic mass is 10.1. The number of rotatable bonds is 4. The molecule has 0 N–H and O–H groups in total. The van der Waals surface area contributed by atoms with Crippen LogP contribution in [0.5, 0.6) is 0 Å². The molecule has 0 spiro atoms. The van der Waals surface area contributed by atoms with E-state index >= 15 is 0 Å². The van der Waals surface area contributed by atoms with E-state index in [-0.39, 0.29) is 6.61 Å². The van der Waals surface area contributed by atoms with Gasteiger partial charge in [-0.2, -0.15) is 8.78 Å². The molecule has 92 valence electrons. The van der Waals surface area contributed by atoms with E-state index in [0.717, 1.165) is 5.56 Å². The summed E-state index contributed by atoms with van der Waals surface area (Å²) in [6.45, 7) is 3.32. The number of aryl methyl sites for hydroxylation is 1. The van der Waals surface area contributed by atoms with Crippen molar-refractivity contribution in [1.29, 1.82) is 0 Å². The zero-order valence-electron chi connectivity index (χ0n) is 9.74. The number of carbonyl (C=O) groups excluding carboxylic acids is 1. The first-order valence-electron chi connectivity index (χ1n) is 5.26. The lowest BCUT2D eigenvalue weighted by Crippen LogP contribution is -2.28. The fourth-order valence-electron chi connectivity index (χ4n) is 1.17. The van der Waals surface area contributed by atoms with E-state index in [1.165, 1.54) is 13.0 Å². The van der Waals surface area contributed by atoms with Crippen LogP contribution in [0.3, 0.4) is 0 Å². The fraction of sp³-hybridized carbons (Fsp3) is 0.308. The van der Waals surface area contributed by atoms with Crippen molar-refractivity contribution < 1.29 is 18.3 Å². The van der Waals surface area contributed by atoms with Gasteiger partial charge in [0, 0.05) is 0 Å². The molecule has 0 aliphatic carbocycles. The summed E-state index contributed by atoms with van der Waals surface area (Å²) in [5.41, 5.74) is 1.65. The van der Waals surface area contributed by atoms with E-state index in [2.05, 4.69) is 4.74 Å². The fourth-order valence-corrected chi connectivity index (χ4v) is 1.17. The van der Waals surface area contributed by atoms with Crippen LogP contribution in [0, 0.1) is 6.92 Å². The predicted octanol–water partition coefficient (Wildman–Crippen LogP) is 3.21. The van der Waals surface area contributed by atoms with Gasteiger partial charge in [0.05, 0.1) is 6.61 Å². The van der Waals surface area contributed by atoms with Gasteiger partial charge >= 0.3 is 11.9 Å². The standard InChI is InChI=1S/C13H14F2O2/c1-3-17-12(16)13(14,15)9-8-11-6-4-10(2)5-7-11/h4-9H,3H2,1-2H3/b9-8-. The monoisotopic (exact) mass is 240 g/mol. The van der Waals surface area contributed by atoms with E-state index in [4.69, 9.17) is 0 Å². The molecule has 0 bridgehead atoms. The van der Waals surface area contributed by atoms with Crippen molar-refractivity contribution in [3.8, 4) is 0 Å². The van der Waals surface area contributed by atoms with Crippen LogP contribution in [-0.4, -0.2) is 18.5 Å². The third-order valence-electron chi connectivity index (χ3n) is 2.11. The van der Waals surface area contributed by atoms with Gasteiger partial charge in [0.1, 0.15) is 0 Å². The molecule has 0 atom stereocenters. The molecule has 0 amide bonds. The van der Waals surface area contributed by atoms with Crippen LogP contribution in [-0.2, 0) is 9.53 Å². The van der Waals surface area contributed by atoms with Crippen LogP contribution in [0.25, 0.3) is 6.08 Å². The van der Waals surface area contributed by atoms with Crippen molar-refractivity contribution in [3.05, 3.63) is 41.5 Å². The average Bonchev–Trinajstić information content (AvgIpc) is 2.29. The second kappa shape index (κ2) is 5.57. The van der Waals surface area contributed by atoms with E-state index in [1.54, 1.807) is 12.1 Å². The first-order chi connectivity index (χ1) is 7.95. The highest BCUT2D eigenvalue weighted by Gasteiger charge is 2.37. The van der Waals surface area contributed by atoms with Crippen molar-refractivity contribution in [2.24, 2.45) is 0 Å². The molecular formula is C13H14F2O2. The molecule has 4 heteroatoms. The molecular weight excluding hydrogens is 226 g/mol. The molecule has 0 radical (unpaired) electrons. The molecule has 1 aromatic rings. The van der Waals surface area contributed by atoms with Gasteiger partial charge in [0.15, 0.2) is 0 Å². The van der Waals surface area contributed by atoms with Crippen LogP contribution in [0.4, 0.5) is 8.78 Å². The number of alkyl halides is 2. The Balaban J connectivity index is 2.75. The summed E-state index contributed by atoms with van der Waals surface area (Å²) in [5.74, 6) is -5.11. The van der Waals surface area contributed by atoms with Crippen molar-refractivity contribution in [2.45, 2.75) is 19.8 Å². The van der Waals surface area contributed by atoms with E-state index in [0.29, 0.717) is 11.6 Å². The zero-order chi connectivity index (χ0) is 12.9. The second-order valence-corrected chi connectivity index (χ2v) is 3.59. The minimum Gasteiger partial charge on any atom is -0.461 e. The van der Waals surface area contributed by atoms with Gasteiger partial charge in [-0.15, -0.1) is 0 Å². The van der Waals surface area contributed by atoms with E-state index in [1.807, 2.05) is 19.1 Å². The Morgan fingerprint density at radius 2 is 1.94 bits per heavy atom. The van der Waals surface area contributed by atoms with Gasteiger partial charge < -0.3 is 4.74 Å². The molecule has 0 aliphatic heterocycles. The number of hydrogen-bond donors (Lipinski definition) is 0. The lowest BCUT2D eigenvalue weighted by molar-refractivity contribution is -0.164. The summed E-state index contributed by atoms with van der Waals surface area (Å²) in [5, 5.41) is 0. The number of esters is 1. The van der Waals surface area contributed by atoms with Crippen molar-refractivity contribution >= 4 is 12.0 Å². The average molecular weight is 240 g/mol. The quantitative estimate of drug-likeness (QED) is 0.755. The minimum absolute atomic E-state index is 0.0627. The number of benzene rings is 1. The molecule has 17 heavy (non-hydrogen) atoms. The number of carbonyl (C=O) groups is 1. The maximum atomic E-state index is 13.2. The van der Waals surface area contributed by atoms with Gasteiger partial charge in [-0.1, -0.05) is 35.9 Å². The molecule has 0 heterocycles. The summed E-state index contributed by atoms with van der Waals surface area (Å²) in [6, 6.07) is 7.02. The van der Waals surface area contributed by atoms with Gasteiger partial charge in [-0.3, -0.25) is 0 Å². The third-order valence-corrected chi connectivity index (χ3v) is 2.11. The Morgan fingerprint density at radius 1 is 1.35 bits per heavy atom. The topological polar surface area (TPSA) is 26.3 Å². The highest BCUT2D eigenvalue weighted by atomic mass is 19.3. The Morgan fingerprint density at radius 3 is 2.47 bits per heavy atom. The highest BCUT2D eigenvalue weighted by molar-refractivity contribution is 5.81.